The van der Waals surface area contributed by atoms with E-state index < -0.39 is 17.7 Å². The fourth-order valence-corrected chi connectivity index (χ4v) is 3.44. The molecule has 2 aromatic rings. The van der Waals surface area contributed by atoms with Crippen molar-refractivity contribution in [1.29, 1.82) is 0 Å². The molecule has 0 radical (unpaired) electrons. The molecule has 2 atom stereocenters. The molecule has 1 aliphatic rings. The van der Waals surface area contributed by atoms with Crippen molar-refractivity contribution in [2.75, 3.05) is 6.54 Å². The van der Waals surface area contributed by atoms with Crippen LogP contribution in [0, 0.1) is 11.6 Å². The van der Waals surface area contributed by atoms with E-state index in [4.69, 9.17) is 5.73 Å². The number of nitrogens with two attached hydrogens (primary N) is 1. The van der Waals surface area contributed by atoms with E-state index in [9.17, 15) is 13.6 Å². The van der Waals surface area contributed by atoms with E-state index in [1.54, 1.807) is 4.90 Å². The molecule has 1 unspecified atom stereocenters. The van der Waals surface area contributed by atoms with Gasteiger partial charge in [0.25, 0.3) is 0 Å². The minimum Gasteiger partial charge on any atom is -0.326 e. The van der Waals surface area contributed by atoms with Gasteiger partial charge in [0.2, 0.25) is 5.91 Å². The second kappa shape index (κ2) is 8.44. The quantitative estimate of drug-likeness (QED) is 0.817. The standard InChI is InChI=1S/C22H24F2N2O/c1-2-3-9-20(25)22(27)26-14-16(18-13-17(23)10-11-19(18)24)12-21(26)15-7-5-4-6-8-15/h4-8,10-13,20-21H,2-3,9,14,25H2,1H3/t20?,21-/m0/s1. The number of rotatable bonds is 6. The molecule has 0 saturated carbocycles. The van der Waals surface area contributed by atoms with E-state index in [0.717, 1.165) is 30.5 Å². The highest BCUT2D eigenvalue weighted by atomic mass is 19.1. The minimum atomic E-state index is -0.596. The second-order valence-electron chi connectivity index (χ2n) is 6.89. The molecule has 0 bridgehead atoms. The number of hydrogen-bond donors (Lipinski definition) is 1. The molecule has 27 heavy (non-hydrogen) atoms. The van der Waals surface area contributed by atoms with Crippen LogP contribution in [0.1, 0.15) is 43.4 Å². The second-order valence-corrected chi connectivity index (χ2v) is 6.89. The first-order valence-electron chi connectivity index (χ1n) is 9.28. The summed E-state index contributed by atoms with van der Waals surface area (Å²) in [6.45, 7) is 2.25. The molecule has 0 aromatic heterocycles. The maximum Gasteiger partial charge on any atom is 0.240 e. The van der Waals surface area contributed by atoms with Crippen LogP contribution in [0.15, 0.2) is 54.6 Å². The van der Waals surface area contributed by atoms with Crippen LogP contribution in [0.2, 0.25) is 0 Å². The molecule has 2 aromatic carbocycles. The highest BCUT2D eigenvalue weighted by molar-refractivity contribution is 5.86. The van der Waals surface area contributed by atoms with Crippen LogP contribution < -0.4 is 5.73 Å². The maximum atomic E-state index is 14.3. The first kappa shape index (κ1) is 19.2. The Kier molecular flexibility index (Phi) is 6.01. The number of unbranched alkanes of at least 4 members (excludes halogenated alkanes) is 1. The lowest BCUT2D eigenvalue weighted by Gasteiger charge is -2.28. The predicted molar refractivity (Wildman–Crippen MR) is 103 cm³/mol. The summed E-state index contributed by atoms with van der Waals surface area (Å²) in [4.78, 5) is 14.6. The third kappa shape index (κ3) is 4.25. The Bertz CT molecular complexity index is 835. The van der Waals surface area contributed by atoms with Crippen LogP contribution in [0.25, 0.3) is 5.57 Å². The molecular formula is C22H24F2N2O. The molecule has 3 rings (SSSR count). The average Bonchev–Trinajstić information content (AvgIpc) is 3.13. The van der Waals surface area contributed by atoms with E-state index >= 15 is 0 Å². The lowest BCUT2D eigenvalue weighted by Crippen LogP contribution is -2.43. The summed E-state index contributed by atoms with van der Waals surface area (Å²) in [7, 11) is 0. The van der Waals surface area contributed by atoms with Crippen molar-refractivity contribution in [3.8, 4) is 0 Å². The van der Waals surface area contributed by atoms with Crippen molar-refractivity contribution in [3.05, 3.63) is 77.4 Å². The third-order valence-corrected chi connectivity index (χ3v) is 4.92. The summed E-state index contributed by atoms with van der Waals surface area (Å²) < 4.78 is 27.9. The summed E-state index contributed by atoms with van der Waals surface area (Å²) in [6.07, 6.45) is 4.27. The number of halogens is 2. The Morgan fingerprint density at radius 2 is 1.96 bits per heavy atom. The van der Waals surface area contributed by atoms with Crippen LogP contribution in [-0.4, -0.2) is 23.4 Å². The topological polar surface area (TPSA) is 46.3 Å². The third-order valence-electron chi connectivity index (χ3n) is 4.92. The zero-order valence-electron chi connectivity index (χ0n) is 15.4. The maximum absolute atomic E-state index is 14.3. The Morgan fingerprint density at radius 3 is 2.67 bits per heavy atom. The van der Waals surface area contributed by atoms with Gasteiger partial charge in [-0.2, -0.15) is 0 Å². The predicted octanol–water partition coefficient (Wildman–Crippen LogP) is 4.45. The molecule has 5 heteroatoms. The van der Waals surface area contributed by atoms with Crippen molar-refractivity contribution < 1.29 is 13.6 Å². The normalized spacial score (nSPS) is 17.7. The van der Waals surface area contributed by atoms with Gasteiger partial charge in [-0.05, 0) is 35.8 Å². The fourth-order valence-electron chi connectivity index (χ4n) is 3.44. The first-order chi connectivity index (χ1) is 13.0. The van der Waals surface area contributed by atoms with Gasteiger partial charge in [0.1, 0.15) is 11.6 Å². The number of nitrogens with zero attached hydrogens (tertiary/aromatic N) is 1. The summed E-state index contributed by atoms with van der Waals surface area (Å²) in [5.41, 5.74) is 7.81. The highest BCUT2D eigenvalue weighted by Crippen LogP contribution is 2.36. The largest absolute Gasteiger partial charge is 0.326 e. The monoisotopic (exact) mass is 370 g/mol. The molecule has 1 aliphatic heterocycles. The van der Waals surface area contributed by atoms with Crippen LogP contribution in [0.4, 0.5) is 8.78 Å². The Hall–Kier alpha value is -2.53. The van der Waals surface area contributed by atoms with E-state index in [1.807, 2.05) is 43.3 Å². The number of carbonyl (C=O) groups is 1. The Balaban J connectivity index is 1.94. The Labute approximate surface area is 158 Å². The summed E-state index contributed by atoms with van der Waals surface area (Å²) in [6, 6.07) is 12.0. The molecule has 1 amide bonds. The van der Waals surface area contributed by atoms with Crippen molar-refractivity contribution in [2.24, 2.45) is 5.73 Å². The SMILES string of the molecule is CCCCC(N)C(=O)N1CC(c2cc(F)ccc2F)=C[C@H]1c1ccccc1. The lowest BCUT2D eigenvalue weighted by atomic mass is 10.0. The fraction of sp³-hybridized carbons (Fsp3) is 0.318. The van der Waals surface area contributed by atoms with Gasteiger partial charge >= 0.3 is 0 Å². The molecule has 0 saturated heterocycles. The molecule has 0 spiro atoms. The summed E-state index contributed by atoms with van der Waals surface area (Å²) in [5, 5.41) is 0. The first-order valence-corrected chi connectivity index (χ1v) is 9.28. The van der Waals surface area contributed by atoms with Gasteiger partial charge in [-0.25, -0.2) is 8.78 Å². The summed E-state index contributed by atoms with van der Waals surface area (Å²) in [5.74, 6) is -1.17. The van der Waals surface area contributed by atoms with Crippen molar-refractivity contribution in [1.82, 2.24) is 4.90 Å². The van der Waals surface area contributed by atoms with Crippen molar-refractivity contribution >= 4 is 11.5 Å². The van der Waals surface area contributed by atoms with Crippen LogP contribution in [-0.2, 0) is 4.79 Å². The summed E-state index contributed by atoms with van der Waals surface area (Å²) >= 11 is 0. The van der Waals surface area contributed by atoms with E-state index in [2.05, 4.69) is 0 Å². The zero-order valence-corrected chi connectivity index (χ0v) is 15.4. The highest BCUT2D eigenvalue weighted by Gasteiger charge is 2.33. The number of benzene rings is 2. The van der Waals surface area contributed by atoms with Gasteiger partial charge in [-0.1, -0.05) is 56.2 Å². The Morgan fingerprint density at radius 1 is 1.22 bits per heavy atom. The van der Waals surface area contributed by atoms with Gasteiger partial charge < -0.3 is 10.6 Å². The van der Waals surface area contributed by atoms with Gasteiger partial charge in [-0.3, -0.25) is 4.79 Å². The molecule has 2 N–H and O–H groups in total. The zero-order chi connectivity index (χ0) is 19.4. The van der Waals surface area contributed by atoms with Crippen LogP contribution >= 0.6 is 0 Å². The molecule has 0 aliphatic carbocycles. The van der Waals surface area contributed by atoms with Gasteiger partial charge in [-0.15, -0.1) is 0 Å². The van der Waals surface area contributed by atoms with Crippen molar-refractivity contribution in [2.45, 2.75) is 38.3 Å². The molecule has 1 heterocycles. The van der Waals surface area contributed by atoms with E-state index in [1.165, 1.54) is 6.07 Å². The smallest absolute Gasteiger partial charge is 0.240 e. The molecule has 142 valence electrons. The van der Waals surface area contributed by atoms with Crippen LogP contribution in [0.3, 0.4) is 0 Å². The number of carbonyl (C=O) groups excluding carboxylic acids is 1. The number of amides is 1. The number of hydrogen-bond acceptors (Lipinski definition) is 2. The molecule has 3 nitrogen and oxygen atoms in total. The molecule has 0 fully saturated rings. The molecular weight excluding hydrogens is 346 g/mol. The lowest BCUT2D eigenvalue weighted by molar-refractivity contribution is -0.133. The van der Waals surface area contributed by atoms with Gasteiger partial charge in [0.05, 0.1) is 12.1 Å². The van der Waals surface area contributed by atoms with Gasteiger partial charge in [0, 0.05) is 12.1 Å². The van der Waals surface area contributed by atoms with Crippen molar-refractivity contribution in [3.63, 3.8) is 0 Å². The minimum absolute atomic E-state index is 0.166. The van der Waals surface area contributed by atoms with Gasteiger partial charge in [0.15, 0.2) is 0 Å². The van der Waals surface area contributed by atoms with E-state index in [0.29, 0.717) is 12.0 Å². The van der Waals surface area contributed by atoms with Crippen LogP contribution in [0.5, 0.6) is 0 Å². The van der Waals surface area contributed by atoms with E-state index in [-0.39, 0.29) is 24.1 Å². The average molecular weight is 370 g/mol.